The topological polar surface area (TPSA) is 78.1 Å². The summed E-state index contributed by atoms with van der Waals surface area (Å²) in [7, 11) is 0. The van der Waals surface area contributed by atoms with Gasteiger partial charge in [-0.3, -0.25) is 14.2 Å². The summed E-state index contributed by atoms with van der Waals surface area (Å²) in [5, 5.41) is 12.7. The monoisotopic (exact) mass is 378 g/mol. The van der Waals surface area contributed by atoms with E-state index in [1.807, 2.05) is 34.0 Å². The van der Waals surface area contributed by atoms with Crippen molar-refractivity contribution in [1.29, 1.82) is 0 Å². The molecule has 1 saturated heterocycles. The first-order valence-electron chi connectivity index (χ1n) is 9.45. The molecule has 8 nitrogen and oxygen atoms in total. The minimum atomic E-state index is -0.104. The average molecular weight is 378 g/mol. The van der Waals surface area contributed by atoms with E-state index in [-0.39, 0.29) is 17.4 Å². The number of amides is 1. The predicted octanol–water partition coefficient (Wildman–Crippen LogP) is 1.76. The van der Waals surface area contributed by atoms with Crippen LogP contribution in [0.25, 0.3) is 0 Å². The zero-order chi connectivity index (χ0) is 19.1. The highest BCUT2D eigenvalue weighted by Gasteiger charge is 2.35. The lowest BCUT2D eigenvalue weighted by Gasteiger charge is -2.37. The van der Waals surface area contributed by atoms with Crippen molar-refractivity contribution < 1.29 is 9.53 Å². The normalized spacial score (nSPS) is 20.5. The number of hydrogen-bond donors (Lipinski definition) is 0. The second-order valence-electron chi connectivity index (χ2n) is 7.99. The molecule has 0 spiro atoms. The SMILES string of the molecule is CC1(Cn2cc(C(=O)N3Cc4ccccc4[C@@H](n4cccn4)C3)nn2)COC1. The molecule has 0 saturated carbocycles. The van der Waals surface area contributed by atoms with Gasteiger partial charge < -0.3 is 9.64 Å². The summed E-state index contributed by atoms with van der Waals surface area (Å²) in [6, 6.07) is 10.1. The quantitative estimate of drug-likeness (QED) is 0.691. The van der Waals surface area contributed by atoms with Crippen LogP contribution in [0.15, 0.2) is 48.9 Å². The Morgan fingerprint density at radius 2 is 2.14 bits per heavy atom. The van der Waals surface area contributed by atoms with Gasteiger partial charge >= 0.3 is 0 Å². The second-order valence-corrected chi connectivity index (χ2v) is 7.99. The van der Waals surface area contributed by atoms with E-state index in [1.165, 1.54) is 5.56 Å². The van der Waals surface area contributed by atoms with E-state index < -0.39 is 0 Å². The molecule has 0 radical (unpaired) electrons. The molecular formula is C20H22N6O2. The van der Waals surface area contributed by atoms with Gasteiger partial charge in [0.15, 0.2) is 5.69 Å². The van der Waals surface area contributed by atoms with Crippen molar-refractivity contribution in [3.63, 3.8) is 0 Å². The summed E-state index contributed by atoms with van der Waals surface area (Å²) in [4.78, 5) is 15.0. The minimum Gasteiger partial charge on any atom is -0.380 e. The number of ether oxygens (including phenoxy) is 1. The van der Waals surface area contributed by atoms with Crippen LogP contribution in [0.2, 0.25) is 0 Å². The first kappa shape index (κ1) is 17.1. The molecule has 1 amide bonds. The van der Waals surface area contributed by atoms with Gasteiger partial charge in [0.05, 0.1) is 32.0 Å². The van der Waals surface area contributed by atoms with E-state index in [9.17, 15) is 4.79 Å². The molecule has 4 heterocycles. The third kappa shape index (κ3) is 2.99. The van der Waals surface area contributed by atoms with E-state index in [0.717, 1.165) is 5.56 Å². The van der Waals surface area contributed by atoms with Gasteiger partial charge in [-0.25, -0.2) is 0 Å². The highest BCUT2D eigenvalue weighted by molar-refractivity contribution is 5.92. The summed E-state index contributed by atoms with van der Waals surface area (Å²) < 4.78 is 8.95. The third-order valence-electron chi connectivity index (χ3n) is 5.50. The summed E-state index contributed by atoms with van der Waals surface area (Å²) in [6.07, 6.45) is 5.45. The molecule has 28 heavy (non-hydrogen) atoms. The molecule has 2 aliphatic rings. The molecule has 0 unspecified atom stereocenters. The molecule has 1 fully saturated rings. The van der Waals surface area contributed by atoms with Gasteiger partial charge in [0, 0.05) is 30.9 Å². The number of rotatable bonds is 4. The lowest BCUT2D eigenvalue weighted by Crippen LogP contribution is -2.43. The smallest absolute Gasteiger partial charge is 0.276 e. The van der Waals surface area contributed by atoms with Gasteiger partial charge in [-0.15, -0.1) is 5.10 Å². The maximum absolute atomic E-state index is 13.1. The molecule has 1 aromatic carbocycles. The molecule has 2 aromatic heterocycles. The molecule has 0 bridgehead atoms. The maximum atomic E-state index is 13.1. The Kier molecular flexibility index (Phi) is 4.01. The maximum Gasteiger partial charge on any atom is 0.276 e. The second kappa shape index (κ2) is 6.56. The number of carbonyl (C=O) groups is 1. The van der Waals surface area contributed by atoms with Crippen molar-refractivity contribution in [3.8, 4) is 0 Å². The van der Waals surface area contributed by atoms with Crippen molar-refractivity contribution >= 4 is 5.91 Å². The Bertz CT molecular complexity index is 992. The standard InChI is InChI=1S/C20H22N6O2/c1-20(13-28-14-20)12-25-10-17(22-23-25)19(27)24-9-15-5-2-3-6-16(15)18(11-24)26-8-4-7-21-26/h2-8,10,18H,9,11-14H2,1H3/t18-/m0/s1. The molecule has 0 N–H and O–H groups in total. The fourth-order valence-corrected chi connectivity index (χ4v) is 3.99. The molecule has 3 aromatic rings. The minimum absolute atomic E-state index is 0.00928. The number of aromatic nitrogens is 5. The molecule has 144 valence electrons. The van der Waals surface area contributed by atoms with Crippen molar-refractivity contribution in [3.05, 3.63) is 65.7 Å². The van der Waals surface area contributed by atoms with Crippen molar-refractivity contribution in [2.24, 2.45) is 5.41 Å². The van der Waals surface area contributed by atoms with Crippen LogP contribution in [0, 0.1) is 5.41 Å². The molecule has 8 heteroatoms. The van der Waals surface area contributed by atoms with Gasteiger partial charge in [0.25, 0.3) is 5.91 Å². The van der Waals surface area contributed by atoms with Crippen molar-refractivity contribution in [1.82, 2.24) is 29.7 Å². The van der Waals surface area contributed by atoms with Crippen LogP contribution in [-0.4, -0.2) is 55.3 Å². The van der Waals surface area contributed by atoms with Gasteiger partial charge in [-0.2, -0.15) is 5.10 Å². The fourth-order valence-electron chi connectivity index (χ4n) is 3.99. The lowest BCUT2D eigenvalue weighted by molar-refractivity contribution is -0.111. The Balaban J connectivity index is 1.39. The summed E-state index contributed by atoms with van der Waals surface area (Å²) >= 11 is 0. The fraction of sp³-hybridized carbons (Fsp3) is 0.400. The zero-order valence-corrected chi connectivity index (χ0v) is 15.7. The summed E-state index contributed by atoms with van der Waals surface area (Å²) in [6.45, 7) is 5.39. The highest BCUT2D eigenvalue weighted by Crippen LogP contribution is 2.30. The third-order valence-corrected chi connectivity index (χ3v) is 5.50. The van der Waals surface area contributed by atoms with E-state index >= 15 is 0 Å². The van der Waals surface area contributed by atoms with Crippen molar-refractivity contribution in [2.45, 2.75) is 26.1 Å². The van der Waals surface area contributed by atoms with Crippen LogP contribution in [0.5, 0.6) is 0 Å². The molecule has 1 atom stereocenters. The van der Waals surface area contributed by atoms with E-state index in [4.69, 9.17) is 4.74 Å². The van der Waals surface area contributed by atoms with Gasteiger partial charge in [-0.05, 0) is 17.2 Å². The van der Waals surface area contributed by atoms with Gasteiger partial charge in [0.2, 0.25) is 0 Å². The molecule has 5 rings (SSSR count). The molecule has 0 aliphatic carbocycles. The average Bonchev–Trinajstić information content (AvgIpc) is 3.37. The summed E-state index contributed by atoms with van der Waals surface area (Å²) in [5.41, 5.74) is 2.79. The van der Waals surface area contributed by atoms with Crippen LogP contribution in [0.4, 0.5) is 0 Å². The van der Waals surface area contributed by atoms with Gasteiger partial charge in [0.1, 0.15) is 0 Å². The zero-order valence-electron chi connectivity index (χ0n) is 15.7. The predicted molar refractivity (Wildman–Crippen MR) is 100 cm³/mol. The van der Waals surface area contributed by atoms with Crippen LogP contribution in [-0.2, 0) is 17.8 Å². The van der Waals surface area contributed by atoms with E-state index in [0.29, 0.717) is 38.5 Å². The Morgan fingerprint density at radius 1 is 1.29 bits per heavy atom. The van der Waals surface area contributed by atoms with Gasteiger partial charge in [-0.1, -0.05) is 36.4 Å². The summed E-state index contributed by atoms with van der Waals surface area (Å²) in [5.74, 6) is -0.104. The molecule has 2 aliphatic heterocycles. The Labute approximate surface area is 162 Å². The number of nitrogens with zero attached hydrogens (tertiary/aromatic N) is 6. The highest BCUT2D eigenvalue weighted by atomic mass is 16.5. The largest absolute Gasteiger partial charge is 0.380 e. The van der Waals surface area contributed by atoms with Crippen molar-refractivity contribution in [2.75, 3.05) is 19.8 Å². The van der Waals surface area contributed by atoms with Crippen LogP contribution < -0.4 is 0 Å². The Morgan fingerprint density at radius 3 is 2.89 bits per heavy atom. The first-order chi connectivity index (χ1) is 13.6. The van der Waals surface area contributed by atoms with Crippen LogP contribution in [0.1, 0.15) is 34.6 Å². The lowest BCUT2D eigenvalue weighted by atomic mass is 9.89. The number of fused-ring (bicyclic) bond motifs is 1. The molecular weight excluding hydrogens is 356 g/mol. The van der Waals surface area contributed by atoms with E-state index in [2.05, 4.69) is 34.5 Å². The number of hydrogen-bond acceptors (Lipinski definition) is 5. The van der Waals surface area contributed by atoms with Crippen LogP contribution >= 0.6 is 0 Å². The number of carbonyl (C=O) groups excluding carboxylic acids is 1. The first-order valence-corrected chi connectivity index (χ1v) is 9.45. The number of benzene rings is 1. The van der Waals surface area contributed by atoms with Crippen LogP contribution in [0.3, 0.4) is 0 Å². The van der Waals surface area contributed by atoms with E-state index in [1.54, 1.807) is 17.1 Å². The Hall–Kier alpha value is -3.00.